The van der Waals surface area contributed by atoms with Crippen LogP contribution in [0.2, 0.25) is 0 Å². The normalized spacial score (nSPS) is 11.0. The van der Waals surface area contributed by atoms with Crippen LogP contribution in [0, 0.1) is 0 Å². The highest BCUT2D eigenvalue weighted by Crippen LogP contribution is 2.06. The number of benzene rings is 2. The van der Waals surface area contributed by atoms with Crippen molar-refractivity contribution in [2.24, 2.45) is 0 Å². The lowest BCUT2D eigenvalue weighted by molar-refractivity contribution is -0.116. The standard InChI is InChI=1S/C17H13N3O3/c18-19-11-14(21)15(16(22)12-7-3-1-4-8-12)20-17(23)13-9-5-2-6-10-13/h1-11,15H,(H,20,23). The average molecular weight is 307 g/mol. The molecule has 2 rings (SSSR count). The van der Waals surface area contributed by atoms with Gasteiger partial charge in [0.05, 0.1) is 0 Å². The molecule has 0 bridgehead atoms. The summed E-state index contributed by atoms with van der Waals surface area (Å²) in [6, 6.07) is 14.8. The molecule has 6 nitrogen and oxygen atoms in total. The summed E-state index contributed by atoms with van der Waals surface area (Å²) in [6.07, 6.45) is 0.594. The molecule has 6 heteroatoms. The molecule has 114 valence electrons. The summed E-state index contributed by atoms with van der Waals surface area (Å²) in [5, 5.41) is 2.38. The highest BCUT2D eigenvalue weighted by atomic mass is 16.2. The molecule has 0 heterocycles. The molecule has 23 heavy (non-hydrogen) atoms. The minimum Gasteiger partial charge on any atom is -0.361 e. The Labute approximate surface area is 132 Å². The van der Waals surface area contributed by atoms with E-state index < -0.39 is 23.5 Å². The Morgan fingerprint density at radius 2 is 1.43 bits per heavy atom. The Kier molecular flexibility index (Phi) is 5.28. The van der Waals surface area contributed by atoms with Crippen molar-refractivity contribution >= 4 is 23.7 Å². The minimum atomic E-state index is -1.46. The monoisotopic (exact) mass is 307 g/mol. The topological polar surface area (TPSA) is 99.6 Å². The fraction of sp³-hybridized carbons (Fsp3) is 0.0588. The molecule has 0 saturated heterocycles. The first-order valence-electron chi connectivity index (χ1n) is 6.80. The molecule has 2 aromatic rings. The number of rotatable bonds is 6. The first kappa shape index (κ1) is 16.0. The van der Waals surface area contributed by atoms with Crippen molar-refractivity contribution in [3.63, 3.8) is 0 Å². The summed E-state index contributed by atoms with van der Waals surface area (Å²) < 4.78 is 0. The number of amides is 1. The molecule has 1 atom stereocenters. The molecule has 0 aromatic heterocycles. The number of hydrogen-bond acceptors (Lipinski definition) is 3. The van der Waals surface area contributed by atoms with Crippen LogP contribution in [0.4, 0.5) is 0 Å². The summed E-state index contributed by atoms with van der Waals surface area (Å²) in [7, 11) is 0. The number of Topliss-reactive ketones (excluding diaryl/α,β-unsaturated/α-hetero) is 2. The van der Waals surface area contributed by atoms with Crippen molar-refractivity contribution in [2.45, 2.75) is 6.04 Å². The van der Waals surface area contributed by atoms with Crippen LogP contribution in [0.25, 0.3) is 5.53 Å². The summed E-state index contributed by atoms with van der Waals surface area (Å²) in [5.41, 5.74) is 9.09. The van der Waals surface area contributed by atoms with Crippen LogP contribution in [0.15, 0.2) is 60.7 Å². The zero-order chi connectivity index (χ0) is 16.7. The minimum absolute atomic E-state index is 0.269. The number of carbonyl (C=O) groups excluding carboxylic acids is 3. The SMILES string of the molecule is [N-]=[N+]=CC(=O)C(NC(=O)c1ccccc1)C(=O)c1ccccc1. The van der Waals surface area contributed by atoms with Crippen LogP contribution in [0.1, 0.15) is 20.7 Å². The molecule has 1 N–H and O–H groups in total. The highest BCUT2D eigenvalue weighted by molar-refractivity contribution is 6.36. The molecule has 1 unspecified atom stereocenters. The number of nitrogens with zero attached hydrogens (tertiary/aromatic N) is 2. The molecule has 2 aromatic carbocycles. The van der Waals surface area contributed by atoms with Gasteiger partial charge in [-0.25, -0.2) is 0 Å². The first-order chi connectivity index (χ1) is 11.1. The fourth-order valence-electron chi connectivity index (χ4n) is 1.97. The van der Waals surface area contributed by atoms with E-state index in [1.807, 2.05) is 0 Å². The summed E-state index contributed by atoms with van der Waals surface area (Å²) in [6.45, 7) is 0. The van der Waals surface area contributed by atoms with Crippen molar-refractivity contribution in [2.75, 3.05) is 0 Å². The van der Waals surface area contributed by atoms with Gasteiger partial charge in [0.25, 0.3) is 11.7 Å². The van der Waals surface area contributed by atoms with Crippen molar-refractivity contribution in [3.8, 4) is 0 Å². The third kappa shape index (κ3) is 4.06. The molecule has 0 aliphatic rings. The Bertz CT molecular complexity index is 766. The van der Waals surface area contributed by atoms with Gasteiger partial charge < -0.3 is 10.8 Å². The second kappa shape index (κ2) is 7.59. The van der Waals surface area contributed by atoms with Crippen molar-refractivity contribution < 1.29 is 19.2 Å². The van der Waals surface area contributed by atoms with Crippen LogP contribution < -0.4 is 5.32 Å². The first-order valence-corrected chi connectivity index (χ1v) is 6.80. The van der Waals surface area contributed by atoms with Gasteiger partial charge in [-0.3, -0.25) is 14.4 Å². The quantitative estimate of drug-likeness (QED) is 0.288. The molecule has 0 saturated carbocycles. The summed E-state index contributed by atoms with van der Waals surface area (Å²) in [5.74, 6) is -1.97. The van der Waals surface area contributed by atoms with Crippen LogP contribution in [-0.4, -0.2) is 34.5 Å². The Hall–Kier alpha value is -3.37. The van der Waals surface area contributed by atoms with Crippen molar-refractivity contribution in [1.82, 2.24) is 5.32 Å². The molecular weight excluding hydrogens is 294 g/mol. The van der Waals surface area contributed by atoms with E-state index in [1.54, 1.807) is 48.5 Å². The van der Waals surface area contributed by atoms with E-state index in [2.05, 4.69) is 10.1 Å². The summed E-state index contributed by atoms with van der Waals surface area (Å²) >= 11 is 0. The Balaban J connectivity index is 2.28. The van der Waals surface area contributed by atoms with E-state index >= 15 is 0 Å². The number of hydrogen-bond donors (Lipinski definition) is 1. The maximum Gasteiger partial charge on any atom is 0.325 e. The van der Waals surface area contributed by atoms with Gasteiger partial charge >= 0.3 is 6.21 Å². The van der Waals surface area contributed by atoms with Gasteiger partial charge in [0.2, 0.25) is 0 Å². The van der Waals surface area contributed by atoms with E-state index in [4.69, 9.17) is 5.53 Å². The van der Waals surface area contributed by atoms with Crippen LogP contribution in [0.5, 0.6) is 0 Å². The average Bonchev–Trinajstić information content (AvgIpc) is 2.60. The molecule has 0 aliphatic heterocycles. The van der Waals surface area contributed by atoms with E-state index in [0.717, 1.165) is 0 Å². The second-order valence-corrected chi connectivity index (χ2v) is 4.65. The van der Waals surface area contributed by atoms with E-state index in [-0.39, 0.29) is 5.56 Å². The van der Waals surface area contributed by atoms with Crippen LogP contribution in [0.3, 0.4) is 0 Å². The maximum atomic E-state index is 12.4. The van der Waals surface area contributed by atoms with Gasteiger partial charge in [-0.15, -0.1) is 0 Å². The second-order valence-electron chi connectivity index (χ2n) is 4.65. The third-order valence-electron chi connectivity index (χ3n) is 3.10. The molecule has 0 spiro atoms. The van der Waals surface area contributed by atoms with Gasteiger partial charge in [0.1, 0.15) is 0 Å². The largest absolute Gasteiger partial charge is 0.361 e. The van der Waals surface area contributed by atoms with Crippen molar-refractivity contribution in [3.05, 3.63) is 77.3 Å². The summed E-state index contributed by atoms with van der Waals surface area (Å²) in [4.78, 5) is 39.2. The fourth-order valence-corrected chi connectivity index (χ4v) is 1.97. The molecular formula is C17H13N3O3. The third-order valence-corrected chi connectivity index (χ3v) is 3.10. The van der Waals surface area contributed by atoms with E-state index in [1.165, 1.54) is 12.1 Å². The number of nitrogens with one attached hydrogen (secondary N) is 1. The van der Waals surface area contributed by atoms with Gasteiger partial charge in [-0.2, -0.15) is 4.79 Å². The zero-order valence-corrected chi connectivity index (χ0v) is 12.0. The number of ketones is 2. The van der Waals surface area contributed by atoms with Gasteiger partial charge in [0, 0.05) is 11.1 Å². The van der Waals surface area contributed by atoms with Crippen LogP contribution in [-0.2, 0) is 4.79 Å². The van der Waals surface area contributed by atoms with E-state index in [0.29, 0.717) is 11.8 Å². The predicted octanol–water partition coefficient (Wildman–Crippen LogP) is 1.54. The van der Waals surface area contributed by atoms with Crippen LogP contribution >= 0.6 is 0 Å². The smallest absolute Gasteiger partial charge is 0.325 e. The number of carbonyl (C=O) groups is 3. The van der Waals surface area contributed by atoms with E-state index in [9.17, 15) is 14.4 Å². The van der Waals surface area contributed by atoms with Gasteiger partial charge in [0.15, 0.2) is 11.8 Å². The van der Waals surface area contributed by atoms with Crippen molar-refractivity contribution in [1.29, 1.82) is 0 Å². The molecule has 0 radical (unpaired) electrons. The zero-order valence-electron chi connectivity index (χ0n) is 12.0. The van der Waals surface area contributed by atoms with Gasteiger partial charge in [-0.1, -0.05) is 48.5 Å². The highest BCUT2D eigenvalue weighted by Gasteiger charge is 2.30. The van der Waals surface area contributed by atoms with Gasteiger partial charge in [-0.05, 0) is 12.1 Å². The Morgan fingerprint density at radius 3 is 1.96 bits per heavy atom. The predicted molar refractivity (Wildman–Crippen MR) is 83.2 cm³/mol. The molecule has 0 fully saturated rings. The maximum absolute atomic E-state index is 12.4. The Morgan fingerprint density at radius 1 is 0.913 bits per heavy atom. The lowest BCUT2D eigenvalue weighted by Gasteiger charge is -2.13. The molecule has 1 amide bonds. The lowest BCUT2D eigenvalue weighted by Crippen LogP contribution is -2.47. The lowest BCUT2D eigenvalue weighted by atomic mass is 10.0. The molecule has 0 aliphatic carbocycles.